The van der Waals surface area contributed by atoms with Crippen molar-refractivity contribution in [2.45, 2.75) is 17.9 Å². The van der Waals surface area contributed by atoms with Crippen LogP contribution in [0.4, 0.5) is 0 Å². The molecule has 0 atom stereocenters. The smallest absolute Gasteiger partial charge is 0.254 e. The zero-order valence-electron chi connectivity index (χ0n) is 15.6. The van der Waals surface area contributed by atoms with Gasteiger partial charge in [-0.3, -0.25) is 4.79 Å². The molecule has 146 valence electrons. The highest BCUT2D eigenvalue weighted by atomic mass is 79.9. The number of aromatic amines is 1. The third-order valence-electron chi connectivity index (χ3n) is 5.11. The fourth-order valence-corrected chi connectivity index (χ4v) is 4.97. The van der Waals surface area contributed by atoms with E-state index in [1.165, 1.54) is 26.2 Å². The molecule has 1 amide bonds. The summed E-state index contributed by atoms with van der Waals surface area (Å²) < 4.78 is 26.9. The van der Waals surface area contributed by atoms with Crippen molar-refractivity contribution in [2.75, 3.05) is 20.6 Å². The lowest BCUT2D eigenvalue weighted by atomic mass is 10.0. The SMILES string of the molecule is CN(C)S(=O)(=O)c1cccc(C(=O)N2CCc3[nH]c4c(Br)cccc4c3C2)c1. The maximum absolute atomic E-state index is 13.1. The van der Waals surface area contributed by atoms with Gasteiger partial charge < -0.3 is 9.88 Å². The lowest BCUT2D eigenvalue weighted by Gasteiger charge is -2.27. The number of halogens is 1. The van der Waals surface area contributed by atoms with Gasteiger partial charge in [0.1, 0.15) is 0 Å². The van der Waals surface area contributed by atoms with Crippen LogP contribution in [-0.2, 0) is 23.0 Å². The van der Waals surface area contributed by atoms with E-state index in [9.17, 15) is 13.2 Å². The molecular weight excluding hydrogens is 442 g/mol. The molecule has 2 heterocycles. The van der Waals surface area contributed by atoms with Crippen molar-refractivity contribution in [1.82, 2.24) is 14.2 Å². The molecule has 0 aliphatic carbocycles. The van der Waals surface area contributed by atoms with Gasteiger partial charge in [-0.15, -0.1) is 0 Å². The fraction of sp³-hybridized carbons (Fsp3) is 0.250. The summed E-state index contributed by atoms with van der Waals surface area (Å²) in [5.74, 6) is -0.161. The summed E-state index contributed by atoms with van der Waals surface area (Å²) in [6.07, 6.45) is 0.734. The van der Waals surface area contributed by atoms with E-state index in [-0.39, 0.29) is 10.8 Å². The quantitative estimate of drug-likeness (QED) is 0.649. The van der Waals surface area contributed by atoms with Gasteiger partial charge in [-0.05, 0) is 40.2 Å². The van der Waals surface area contributed by atoms with Crippen LogP contribution in [0.3, 0.4) is 0 Å². The first-order valence-corrected chi connectivity index (χ1v) is 11.1. The van der Waals surface area contributed by atoms with E-state index >= 15 is 0 Å². The highest BCUT2D eigenvalue weighted by Crippen LogP contribution is 2.32. The summed E-state index contributed by atoms with van der Waals surface area (Å²) in [5.41, 5.74) is 3.69. The minimum absolute atomic E-state index is 0.122. The molecule has 1 aliphatic rings. The minimum Gasteiger partial charge on any atom is -0.357 e. The highest BCUT2D eigenvalue weighted by molar-refractivity contribution is 9.10. The summed E-state index contributed by atoms with van der Waals surface area (Å²) in [4.78, 5) is 18.4. The summed E-state index contributed by atoms with van der Waals surface area (Å²) in [5, 5.41) is 1.10. The van der Waals surface area contributed by atoms with Crippen molar-refractivity contribution < 1.29 is 13.2 Å². The Hall–Kier alpha value is -2.16. The molecule has 0 bridgehead atoms. The number of H-pyrrole nitrogens is 1. The average Bonchev–Trinajstić information content (AvgIpc) is 3.07. The van der Waals surface area contributed by atoms with Crippen molar-refractivity contribution in [3.63, 3.8) is 0 Å². The molecule has 1 aromatic heterocycles. The van der Waals surface area contributed by atoms with Crippen LogP contribution in [0.1, 0.15) is 21.6 Å². The molecule has 0 unspecified atom stereocenters. The molecule has 0 radical (unpaired) electrons. The Morgan fingerprint density at radius 1 is 1.18 bits per heavy atom. The number of carbonyl (C=O) groups is 1. The molecule has 2 aromatic carbocycles. The minimum atomic E-state index is -3.58. The van der Waals surface area contributed by atoms with E-state index < -0.39 is 10.0 Å². The van der Waals surface area contributed by atoms with Crippen LogP contribution >= 0.6 is 15.9 Å². The zero-order valence-corrected chi connectivity index (χ0v) is 18.0. The van der Waals surface area contributed by atoms with Gasteiger partial charge in [0.25, 0.3) is 5.91 Å². The first-order chi connectivity index (χ1) is 13.3. The molecule has 8 heteroatoms. The molecule has 28 heavy (non-hydrogen) atoms. The zero-order chi connectivity index (χ0) is 20.1. The van der Waals surface area contributed by atoms with Crippen LogP contribution in [0.25, 0.3) is 10.9 Å². The number of carbonyl (C=O) groups excluding carboxylic acids is 1. The van der Waals surface area contributed by atoms with Crippen LogP contribution in [-0.4, -0.2) is 49.2 Å². The second-order valence-corrected chi connectivity index (χ2v) is 10.0. The molecule has 0 fully saturated rings. The Morgan fingerprint density at radius 2 is 1.93 bits per heavy atom. The molecular formula is C20H20BrN3O3S. The maximum Gasteiger partial charge on any atom is 0.254 e. The number of hydrogen-bond acceptors (Lipinski definition) is 3. The van der Waals surface area contributed by atoms with E-state index in [0.717, 1.165) is 37.4 Å². The standard InChI is InChI=1S/C20H20BrN3O3S/c1-23(2)28(26,27)14-6-3-5-13(11-14)20(25)24-10-9-18-16(12-24)15-7-4-8-17(21)19(15)22-18/h3-8,11,22H,9-10,12H2,1-2H3. The summed E-state index contributed by atoms with van der Waals surface area (Å²) >= 11 is 3.57. The van der Waals surface area contributed by atoms with Gasteiger partial charge in [-0.1, -0.05) is 18.2 Å². The van der Waals surface area contributed by atoms with Crippen LogP contribution in [0.2, 0.25) is 0 Å². The number of aromatic nitrogens is 1. The van der Waals surface area contributed by atoms with Gasteiger partial charge in [0.05, 0.1) is 10.4 Å². The van der Waals surface area contributed by atoms with Crippen molar-refractivity contribution in [3.8, 4) is 0 Å². The molecule has 4 rings (SSSR count). The largest absolute Gasteiger partial charge is 0.357 e. The topological polar surface area (TPSA) is 73.5 Å². The first kappa shape index (κ1) is 19.2. The maximum atomic E-state index is 13.1. The molecule has 1 N–H and O–H groups in total. The average molecular weight is 462 g/mol. The van der Waals surface area contributed by atoms with Crippen molar-refractivity contribution in [2.24, 2.45) is 0 Å². The monoisotopic (exact) mass is 461 g/mol. The van der Waals surface area contributed by atoms with E-state index in [1.54, 1.807) is 17.0 Å². The second-order valence-electron chi connectivity index (χ2n) is 7.04. The Balaban J connectivity index is 1.66. The van der Waals surface area contributed by atoms with Crippen LogP contribution < -0.4 is 0 Å². The fourth-order valence-electron chi connectivity index (χ4n) is 3.56. The van der Waals surface area contributed by atoms with Gasteiger partial charge in [-0.25, -0.2) is 12.7 Å². The number of fused-ring (bicyclic) bond motifs is 3. The Bertz CT molecular complexity index is 1180. The lowest BCUT2D eigenvalue weighted by Crippen LogP contribution is -2.36. The Morgan fingerprint density at radius 3 is 2.68 bits per heavy atom. The van der Waals surface area contributed by atoms with Crippen LogP contribution in [0, 0.1) is 0 Å². The van der Waals surface area contributed by atoms with E-state index in [0.29, 0.717) is 18.7 Å². The van der Waals surface area contributed by atoms with Gasteiger partial charge in [0.2, 0.25) is 10.0 Å². The molecule has 6 nitrogen and oxygen atoms in total. The summed E-state index contributed by atoms with van der Waals surface area (Å²) in [7, 11) is -0.630. The van der Waals surface area contributed by atoms with Crippen LogP contribution in [0.5, 0.6) is 0 Å². The van der Waals surface area contributed by atoms with E-state index in [4.69, 9.17) is 0 Å². The lowest BCUT2D eigenvalue weighted by molar-refractivity contribution is 0.0735. The predicted octanol–water partition coefficient (Wildman–Crippen LogP) is 3.38. The van der Waals surface area contributed by atoms with E-state index in [2.05, 4.69) is 20.9 Å². The van der Waals surface area contributed by atoms with Crippen molar-refractivity contribution in [3.05, 3.63) is 63.8 Å². The number of nitrogens with one attached hydrogen (secondary N) is 1. The van der Waals surface area contributed by atoms with Crippen molar-refractivity contribution >= 4 is 42.8 Å². The predicted molar refractivity (Wildman–Crippen MR) is 112 cm³/mol. The normalized spacial score (nSPS) is 14.5. The Kier molecular flexibility index (Phi) is 4.81. The number of hydrogen-bond donors (Lipinski definition) is 1. The van der Waals surface area contributed by atoms with Gasteiger partial charge in [-0.2, -0.15) is 0 Å². The third-order valence-corrected chi connectivity index (χ3v) is 7.58. The van der Waals surface area contributed by atoms with Crippen LogP contribution in [0.15, 0.2) is 51.8 Å². The second kappa shape index (κ2) is 7.02. The molecule has 0 saturated heterocycles. The van der Waals surface area contributed by atoms with Crippen molar-refractivity contribution in [1.29, 1.82) is 0 Å². The summed E-state index contributed by atoms with van der Waals surface area (Å²) in [6, 6.07) is 12.3. The number of benzene rings is 2. The molecule has 0 saturated carbocycles. The Labute approximate surface area is 172 Å². The number of rotatable bonds is 3. The number of para-hydroxylation sites is 1. The number of sulfonamides is 1. The number of amides is 1. The molecule has 3 aromatic rings. The summed E-state index contributed by atoms with van der Waals surface area (Å²) in [6.45, 7) is 1.08. The van der Waals surface area contributed by atoms with Gasteiger partial charge >= 0.3 is 0 Å². The van der Waals surface area contributed by atoms with Gasteiger partial charge in [0.15, 0.2) is 0 Å². The molecule has 1 aliphatic heterocycles. The number of nitrogens with zero attached hydrogens (tertiary/aromatic N) is 2. The first-order valence-electron chi connectivity index (χ1n) is 8.89. The van der Waals surface area contributed by atoms with Gasteiger partial charge in [0, 0.05) is 60.3 Å². The molecule has 0 spiro atoms. The third kappa shape index (κ3) is 3.15. The van der Waals surface area contributed by atoms with E-state index in [1.807, 2.05) is 18.2 Å². The highest BCUT2D eigenvalue weighted by Gasteiger charge is 2.26.